The Morgan fingerprint density at radius 2 is 2.06 bits per heavy atom. The third-order valence-electron chi connectivity index (χ3n) is 7.01. The van der Waals surface area contributed by atoms with E-state index in [2.05, 4.69) is 18.2 Å². The Hall–Kier alpha value is -2.16. The lowest BCUT2D eigenvalue weighted by Gasteiger charge is -2.28. The second-order valence-corrected chi connectivity index (χ2v) is 11.1. The molecule has 0 N–H and O–H groups in total. The van der Waals surface area contributed by atoms with Crippen LogP contribution in [0.5, 0.6) is 0 Å². The lowest BCUT2D eigenvalue weighted by molar-refractivity contribution is -0.129. The molecule has 3 aliphatic rings. The van der Waals surface area contributed by atoms with Gasteiger partial charge in [-0.05, 0) is 55.2 Å². The molecule has 1 aromatic carbocycles. The van der Waals surface area contributed by atoms with Crippen LogP contribution in [-0.4, -0.2) is 45.4 Å². The second kappa shape index (κ2) is 8.89. The van der Waals surface area contributed by atoms with Gasteiger partial charge in [0.15, 0.2) is 5.16 Å². The van der Waals surface area contributed by atoms with Crippen molar-refractivity contribution in [3.63, 3.8) is 0 Å². The summed E-state index contributed by atoms with van der Waals surface area (Å²) in [5.41, 5.74) is 3.80. The predicted molar refractivity (Wildman–Crippen MR) is 131 cm³/mol. The van der Waals surface area contributed by atoms with E-state index >= 15 is 0 Å². The van der Waals surface area contributed by atoms with Gasteiger partial charge in [0.2, 0.25) is 5.91 Å². The van der Waals surface area contributed by atoms with Crippen LogP contribution in [0.1, 0.15) is 40.8 Å². The summed E-state index contributed by atoms with van der Waals surface area (Å²) in [6.07, 6.45) is 6.05. The maximum atomic E-state index is 13.6. The number of thioether (sulfide) groups is 1. The Labute approximate surface area is 201 Å². The summed E-state index contributed by atoms with van der Waals surface area (Å²) < 4.78 is 7.62. The first-order chi connectivity index (χ1) is 16.2. The van der Waals surface area contributed by atoms with Crippen molar-refractivity contribution in [3.8, 4) is 0 Å². The number of thiophene rings is 1. The monoisotopic (exact) mass is 481 g/mol. The van der Waals surface area contributed by atoms with Crippen LogP contribution in [-0.2, 0) is 41.9 Å². The number of hydrogen-bond donors (Lipinski definition) is 0. The third kappa shape index (κ3) is 4.02. The number of carbonyl (C=O) groups excluding carboxylic acids is 1. The van der Waals surface area contributed by atoms with Crippen molar-refractivity contribution in [1.29, 1.82) is 0 Å². The summed E-state index contributed by atoms with van der Waals surface area (Å²) in [5, 5.41) is 1.45. The lowest BCUT2D eigenvalue weighted by atomic mass is 10.00. The fourth-order valence-corrected chi connectivity index (χ4v) is 7.46. The summed E-state index contributed by atoms with van der Waals surface area (Å²) in [6, 6.07) is 8.34. The maximum Gasteiger partial charge on any atom is 0.263 e. The topological polar surface area (TPSA) is 64.4 Å². The number of hydrogen-bond acceptors (Lipinski definition) is 6. The van der Waals surface area contributed by atoms with Gasteiger partial charge in [0.05, 0.1) is 23.8 Å². The van der Waals surface area contributed by atoms with Crippen LogP contribution in [0.3, 0.4) is 0 Å². The highest BCUT2D eigenvalue weighted by molar-refractivity contribution is 7.99. The Morgan fingerprint density at radius 1 is 1.18 bits per heavy atom. The number of aryl methyl sites for hydroxylation is 2. The number of rotatable bonds is 5. The molecule has 0 radical (unpaired) electrons. The number of benzene rings is 1. The molecule has 0 unspecified atom stereocenters. The Bertz CT molecular complexity index is 1280. The highest BCUT2D eigenvalue weighted by Crippen LogP contribution is 2.36. The molecule has 172 valence electrons. The average Bonchev–Trinajstić information content (AvgIpc) is 3.57. The molecule has 6 nitrogen and oxygen atoms in total. The molecule has 2 aliphatic heterocycles. The van der Waals surface area contributed by atoms with Gasteiger partial charge in [-0.3, -0.25) is 14.2 Å². The van der Waals surface area contributed by atoms with E-state index in [9.17, 15) is 9.59 Å². The van der Waals surface area contributed by atoms with Gasteiger partial charge in [0, 0.05) is 24.6 Å². The van der Waals surface area contributed by atoms with Crippen LogP contribution in [0.15, 0.2) is 34.2 Å². The van der Waals surface area contributed by atoms with Crippen molar-refractivity contribution < 1.29 is 9.53 Å². The van der Waals surface area contributed by atoms with Gasteiger partial charge < -0.3 is 9.64 Å². The van der Waals surface area contributed by atoms with Crippen LogP contribution in [0.25, 0.3) is 10.2 Å². The van der Waals surface area contributed by atoms with Gasteiger partial charge in [-0.1, -0.05) is 36.0 Å². The molecule has 3 aromatic rings. The molecular formula is C25H27N3O3S2. The number of carbonyl (C=O) groups is 1. The zero-order valence-electron chi connectivity index (χ0n) is 18.5. The average molecular weight is 482 g/mol. The number of amides is 1. The first-order valence-corrected chi connectivity index (χ1v) is 13.6. The summed E-state index contributed by atoms with van der Waals surface area (Å²) in [5.74, 6) is 0.387. The summed E-state index contributed by atoms with van der Waals surface area (Å²) in [6.45, 7) is 2.66. The molecule has 1 aliphatic carbocycles. The maximum absolute atomic E-state index is 13.6. The number of ether oxygens (including phenoxy) is 1. The molecule has 0 saturated carbocycles. The standard InChI is InChI=1S/C25H27N3O3S2/c29-21(27-11-10-16-5-1-2-6-17(16)13-27)15-32-25-26-23-22(19-8-3-9-20(19)33-23)24(30)28(25)14-18-7-4-12-31-18/h1-2,5-6,18H,3-4,7-15H2/t18-/m1/s1. The molecule has 0 spiro atoms. The zero-order chi connectivity index (χ0) is 22.4. The summed E-state index contributed by atoms with van der Waals surface area (Å²) >= 11 is 3.05. The molecule has 6 rings (SSSR count). The van der Waals surface area contributed by atoms with Crippen molar-refractivity contribution in [2.75, 3.05) is 18.9 Å². The number of aromatic nitrogens is 2. The highest BCUT2D eigenvalue weighted by Gasteiger charge is 2.27. The first kappa shape index (κ1) is 21.4. The Kier molecular flexibility index (Phi) is 5.76. The van der Waals surface area contributed by atoms with Crippen molar-refractivity contribution in [2.24, 2.45) is 0 Å². The summed E-state index contributed by atoms with van der Waals surface area (Å²) in [7, 11) is 0. The molecule has 4 heterocycles. The number of fused-ring (bicyclic) bond motifs is 4. The van der Waals surface area contributed by atoms with Gasteiger partial charge in [-0.2, -0.15) is 0 Å². The van der Waals surface area contributed by atoms with Crippen LogP contribution >= 0.6 is 23.1 Å². The van der Waals surface area contributed by atoms with Crippen LogP contribution in [0, 0.1) is 0 Å². The molecule has 8 heteroatoms. The fourth-order valence-electron chi connectivity index (χ4n) is 5.25. The number of nitrogens with zero attached hydrogens (tertiary/aromatic N) is 3. The third-order valence-corrected chi connectivity index (χ3v) is 9.15. The van der Waals surface area contributed by atoms with Crippen LogP contribution < -0.4 is 5.56 Å². The quantitative estimate of drug-likeness (QED) is 0.410. The smallest absolute Gasteiger partial charge is 0.263 e. The van der Waals surface area contributed by atoms with Gasteiger partial charge in [-0.25, -0.2) is 4.98 Å². The van der Waals surface area contributed by atoms with Crippen LogP contribution in [0.4, 0.5) is 0 Å². The van der Waals surface area contributed by atoms with E-state index in [-0.39, 0.29) is 23.3 Å². The van der Waals surface area contributed by atoms with Gasteiger partial charge >= 0.3 is 0 Å². The fraction of sp³-hybridized carbons (Fsp3) is 0.480. The SMILES string of the molecule is O=C(CSc1nc2sc3c(c2c(=O)n1C[C@H]1CCCO1)CCC3)N1CCc2ccccc2C1. The van der Waals surface area contributed by atoms with E-state index in [1.807, 2.05) is 11.0 Å². The molecule has 1 fully saturated rings. The minimum atomic E-state index is 0.0387. The minimum absolute atomic E-state index is 0.0387. The van der Waals surface area contributed by atoms with E-state index in [4.69, 9.17) is 9.72 Å². The second-order valence-electron chi connectivity index (χ2n) is 9.11. The molecular weight excluding hydrogens is 454 g/mol. The lowest BCUT2D eigenvalue weighted by Crippen LogP contribution is -2.37. The molecule has 1 atom stereocenters. The van der Waals surface area contributed by atoms with Crippen molar-refractivity contribution in [1.82, 2.24) is 14.5 Å². The minimum Gasteiger partial charge on any atom is -0.376 e. The van der Waals surface area contributed by atoms with E-state index < -0.39 is 0 Å². The van der Waals surface area contributed by atoms with E-state index in [1.54, 1.807) is 15.9 Å². The molecule has 0 bridgehead atoms. The van der Waals surface area contributed by atoms with E-state index in [0.717, 1.165) is 61.9 Å². The van der Waals surface area contributed by atoms with Gasteiger partial charge in [-0.15, -0.1) is 11.3 Å². The normalized spacial score (nSPS) is 19.8. The van der Waals surface area contributed by atoms with Gasteiger partial charge in [0.1, 0.15) is 4.83 Å². The molecule has 2 aromatic heterocycles. The molecule has 1 amide bonds. The Morgan fingerprint density at radius 3 is 2.91 bits per heavy atom. The largest absolute Gasteiger partial charge is 0.376 e. The van der Waals surface area contributed by atoms with Gasteiger partial charge in [0.25, 0.3) is 5.56 Å². The van der Waals surface area contributed by atoms with Crippen LogP contribution in [0.2, 0.25) is 0 Å². The van der Waals surface area contributed by atoms with E-state index in [1.165, 1.54) is 33.3 Å². The van der Waals surface area contributed by atoms with Crippen molar-refractivity contribution in [3.05, 3.63) is 56.2 Å². The highest BCUT2D eigenvalue weighted by atomic mass is 32.2. The Balaban J connectivity index is 1.26. The van der Waals surface area contributed by atoms with Crippen molar-refractivity contribution >= 4 is 39.2 Å². The van der Waals surface area contributed by atoms with E-state index in [0.29, 0.717) is 18.2 Å². The first-order valence-electron chi connectivity index (χ1n) is 11.8. The zero-order valence-corrected chi connectivity index (χ0v) is 20.2. The van der Waals surface area contributed by atoms with Crippen molar-refractivity contribution in [2.45, 2.75) is 62.9 Å². The predicted octanol–water partition coefficient (Wildman–Crippen LogP) is 3.80. The molecule has 1 saturated heterocycles. The molecule has 33 heavy (non-hydrogen) atoms. The summed E-state index contributed by atoms with van der Waals surface area (Å²) in [4.78, 5) is 35.7.